The lowest BCUT2D eigenvalue weighted by molar-refractivity contribution is 0.0995. The monoisotopic (exact) mass is 460 g/mol. The van der Waals surface area contributed by atoms with E-state index in [1.54, 1.807) is 10.6 Å². The molecule has 1 saturated carbocycles. The van der Waals surface area contributed by atoms with Gasteiger partial charge in [0.25, 0.3) is 0 Å². The Labute approximate surface area is 196 Å². The maximum atomic E-state index is 13.3. The van der Waals surface area contributed by atoms with Crippen LogP contribution in [0.3, 0.4) is 0 Å². The van der Waals surface area contributed by atoms with Crippen LogP contribution in [0.25, 0.3) is 16.6 Å². The van der Waals surface area contributed by atoms with Crippen LogP contribution in [0, 0.1) is 24.1 Å². The van der Waals surface area contributed by atoms with E-state index in [1.165, 1.54) is 12.3 Å². The number of ether oxygens (including phenoxy) is 1. The largest absolute Gasteiger partial charge is 0.482 e. The van der Waals surface area contributed by atoms with E-state index >= 15 is 0 Å². The molecule has 9 heteroatoms. The number of nitrogens with zero attached hydrogens (tertiary/aromatic N) is 6. The molecule has 0 aliphatic heterocycles. The zero-order valence-electron chi connectivity index (χ0n) is 19.0. The van der Waals surface area contributed by atoms with Gasteiger partial charge in [-0.3, -0.25) is 9.67 Å². The van der Waals surface area contributed by atoms with Crippen LogP contribution in [0.5, 0.6) is 5.75 Å². The van der Waals surface area contributed by atoms with E-state index in [0.717, 1.165) is 42.3 Å². The first-order valence-electron chi connectivity index (χ1n) is 11.4. The van der Waals surface area contributed by atoms with Crippen molar-refractivity contribution in [2.45, 2.75) is 57.8 Å². The van der Waals surface area contributed by atoms with Gasteiger partial charge in [0.2, 0.25) is 0 Å². The SMILES string of the molecule is Cc1c(-c2cc(O[C@H](C)c3ccc(F)cn3)c3c(C#N)cnn3c2)cnn1[C@@H]1CCC[C@H](O)C1. The first-order chi connectivity index (χ1) is 16.4. The van der Waals surface area contributed by atoms with Gasteiger partial charge in [0, 0.05) is 23.0 Å². The van der Waals surface area contributed by atoms with Crippen molar-refractivity contribution < 1.29 is 14.2 Å². The maximum Gasteiger partial charge on any atom is 0.148 e. The topological polar surface area (TPSA) is 101 Å². The number of aliphatic hydroxyl groups is 1. The number of aliphatic hydroxyl groups excluding tert-OH is 1. The minimum absolute atomic E-state index is 0.163. The molecule has 0 saturated heterocycles. The fourth-order valence-electron chi connectivity index (χ4n) is 4.72. The predicted octanol–water partition coefficient (Wildman–Crippen LogP) is 4.53. The minimum atomic E-state index is -0.478. The Morgan fingerprint density at radius 2 is 2.09 bits per heavy atom. The van der Waals surface area contributed by atoms with Gasteiger partial charge in [-0.25, -0.2) is 8.91 Å². The van der Waals surface area contributed by atoms with Crippen molar-refractivity contribution in [2.24, 2.45) is 0 Å². The number of nitriles is 1. The van der Waals surface area contributed by atoms with Gasteiger partial charge in [0.05, 0.1) is 36.4 Å². The van der Waals surface area contributed by atoms with Crippen LogP contribution in [-0.4, -0.2) is 35.6 Å². The highest BCUT2D eigenvalue weighted by atomic mass is 19.1. The van der Waals surface area contributed by atoms with Gasteiger partial charge in [-0.15, -0.1) is 0 Å². The highest BCUT2D eigenvalue weighted by Crippen LogP contribution is 2.36. The zero-order chi connectivity index (χ0) is 23.8. The summed E-state index contributed by atoms with van der Waals surface area (Å²) in [6.45, 7) is 3.84. The molecular formula is C25H25FN6O2. The van der Waals surface area contributed by atoms with Gasteiger partial charge in [0.1, 0.15) is 34.8 Å². The molecule has 4 aromatic rings. The minimum Gasteiger partial charge on any atom is -0.482 e. The second-order valence-corrected chi connectivity index (χ2v) is 8.78. The number of hydrogen-bond acceptors (Lipinski definition) is 6. The Balaban J connectivity index is 1.54. The third-order valence-electron chi connectivity index (χ3n) is 6.49. The van der Waals surface area contributed by atoms with Crippen LogP contribution in [-0.2, 0) is 0 Å². The number of pyridine rings is 2. The van der Waals surface area contributed by atoms with Crippen molar-refractivity contribution in [2.75, 3.05) is 0 Å². The molecule has 5 rings (SSSR count). The Bertz CT molecular complexity index is 1370. The molecule has 4 heterocycles. The number of hydrogen-bond donors (Lipinski definition) is 1. The lowest BCUT2D eigenvalue weighted by Crippen LogP contribution is -2.23. The van der Waals surface area contributed by atoms with E-state index in [2.05, 4.69) is 21.3 Å². The molecule has 0 radical (unpaired) electrons. The summed E-state index contributed by atoms with van der Waals surface area (Å²) in [5.41, 5.74) is 4.28. The van der Waals surface area contributed by atoms with Crippen LogP contribution >= 0.6 is 0 Å². The summed E-state index contributed by atoms with van der Waals surface area (Å²) in [4.78, 5) is 4.12. The van der Waals surface area contributed by atoms with Crippen molar-refractivity contribution >= 4 is 5.52 Å². The quantitative estimate of drug-likeness (QED) is 0.470. The Kier molecular flexibility index (Phi) is 5.75. The molecule has 1 aliphatic rings. The summed E-state index contributed by atoms with van der Waals surface area (Å²) in [6, 6.07) is 7.12. The summed E-state index contributed by atoms with van der Waals surface area (Å²) < 4.78 is 23.2. The number of rotatable bonds is 5. The van der Waals surface area contributed by atoms with Gasteiger partial charge in [0.15, 0.2) is 0 Å². The van der Waals surface area contributed by atoms with E-state index in [0.29, 0.717) is 28.9 Å². The standard InChI is InChI=1S/C25H25FN6O2/c1-15-22(13-30-32(15)20-4-3-5-21(33)9-20)17-8-24(25-18(10-27)11-29-31(25)14-17)34-16(2)23-7-6-19(26)12-28-23/h6-8,11-14,16,20-21,33H,3-5,9H2,1-2H3/t16-,20-,21+/m1/s1. The van der Waals surface area contributed by atoms with Gasteiger partial charge in [-0.1, -0.05) is 0 Å². The number of halogens is 1. The molecule has 0 unspecified atom stereocenters. The van der Waals surface area contributed by atoms with Crippen LogP contribution in [0.1, 0.15) is 61.7 Å². The molecule has 4 aromatic heterocycles. The molecule has 8 nitrogen and oxygen atoms in total. The average molecular weight is 461 g/mol. The second-order valence-electron chi connectivity index (χ2n) is 8.78. The van der Waals surface area contributed by atoms with Gasteiger partial charge >= 0.3 is 0 Å². The molecule has 0 amide bonds. The molecule has 1 fully saturated rings. The van der Waals surface area contributed by atoms with E-state index in [-0.39, 0.29) is 12.1 Å². The lowest BCUT2D eigenvalue weighted by atomic mass is 9.93. The Morgan fingerprint density at radius 1 is 1.24 bits per heavy atom. The summed E-state index contributed by atoms with van der Waals surface area (Å²) in [5.74, 6) is 0.0614. The molecule has 174 valence electrons. The highest BCUT2D eigenvalue weighted by Gasteiger charge is 2.25. The van der Waals surface area contributed by atoms with Crippen molar-refractivity contribution in [1.82, 2.24) is 24.4 Å². The van der Waals surface area contributed by atoms with Gasteiger partial charge < -0.3 is 9.84 Å². The average Bonchev–Trinajstić information content (AvgIpc) is 3.42. The van der Waals surface area contributed by atoms with Crippen molar-refractivity contribution in [3.05, 3.63) is 65.8 Å². The second kappa shape index (κ2) is 8.88. The van der Waals surface area contributed by atoms with E-state index in [9.17, 15) is 14.8 Å². The fourth-order valence-corrected chi connectivity index (χ4v) is 4.72. The van der Waals surface area contributed by atoms with Crippen LogP contribution in [0.4, 0.5) is 4.39 Å². The lowest BCUT2D eigenvalue weighted by Gasteiger charge is -2.27. The first-order valence-corrected chi connectivity index (χ1v) is 11.4. The summed E-state index contributed by atoms with van der Waals surface area (Å²) in [6.07, 6.45) is 9.06. The maximum absolute atomic E-state index is 13.3. The molecular weight excluding hydrogens is 435 g/mol. The third kappa shape index (κ3) is 4.01. The van der Waals surface area contributed by atoms with E-state index in [1.807, 2.05) is 37.0 Å². The Morgan fingerprint density at radius 3 is 2.82 bits per heavy atom. The number of aromatic nitrogens is 5. The highest BCUT2D eigenvalue weighted by molar-refractivity contribution is 5.76. The molecule has 34 heavy (non-hydrogen) atoms. The molecule has 1 N–H and O–H groups in total. The zero-order valence-corrected chi connectivity index (χ0v) is 19.0. The normalized spacial score (nSPS) is 19.1. The smallest absolute Gasteiger partial charge is 0.148 e. The van der Waals surface area contributed by atoms with Crippen LogP contribution < -0.4 is 4.74 Å². The van der Waals surface area contributed by atoms with Crippen LogP contribution in [0.2, 0.25) is 0 Å². The summed E-state index contributed by atoms with van der Waals surface area (Å²) in [5, 5.41) is 28.7. The molecule has 0 spiro atoms. The van der Waals surface area contributed by atoms with Crippen molar-refractivity contribution in [3.63, 3.8) is 0 Å². The van der Waals surface area contributed by atoms with Gasteiger partial charge in [-0.2, -0.15) is 15.5 Å². The molecule has 3 atom stereocenters. The fraction of sp³-hybridized carbons (Fsp3) is 0.360. The summed E-state index contributed by atoms with van der Waals surface area (Å²) >= 11 is 0. The van der Waals surface area contributed by atoms with Gasteiger partial charge in [-0.05, 0) is 57.7 Å². The molecule has 1 aliphatic carbocycles. The predicted molar refractivity (Wildman–Crippen MR) is 123 cm³/mol. The van der Waals surface area contributed by atoms with Crippen LogP contribution in [0.15, 0.2) is 43.0 Å². The van der Waals surface area contributed by atoms with E-state index in [4.69, 9.17) is 4.74 Å². The summed E-state index contributed by atoms with van der Waals surface area (Å²) in [7, 11) is 0. The number of fused-ring (bicyclic) bond motifs is 1. The van der Waals surface area contributed by atoms with Crippen molar-refractivity contribution in [1.29, 1.82) is 5.26 Å². The molecule has 0 bridgehead atoms. The first kappa shape index (κ1) is 22.0. The molecule has 0 aromatic carbocycles. The third-order valence-corrected chi connectivity index (χ3v) is 6.49. The Hall–Kier alpha value is -3.77. The van der Waals surface area contributed by atoms with E-state index < -0.39 is 11.9 Å². The van der Waals surface area contributed by atoms with Crippen molar-refractivity contribution in [3.8, 4) is 22.9 Å².